The Balaban J connectivity index is 1.38. The fourth-order valence-electron chi connectivity index (χ4n) is 3.40. The van der Waals surface area contributed by atoms with Crippen LogP contribution in [-0.2, 0) is 17.4 Å². The van der Waals surface area contributed by atoms with Gasteiger partial charge in [0.2, 0.25) is 0 Å². The van der Waals surface area contributed by atoms with Crippen LogP contribution < -0.4 is 10.5 Å². The van der Waals surface area contributed by atoms with Gasteiger partial charge in [-0.15, -0.1) is 0 Å². The molecule has 3 heterocycles. The van der Waals surface area contributed by atoms with Gasteiger partial charge in [-0.3, -0.25) is 0 Å². The number of imidazole rings is 1. The predicted molar refractivity (Wildman–Crippen MR) is 113 cm³/mol. The molecule has 0 amide bonds. The highest BCUT2D eigenvalue weighted by Crippen LogP contribution is 2.30. The Morgan fingerprint density at radius 1 is 1.10 bits per heavy atom. The molecule has 5 rings (SSSR count). The van der Waals surface area contributed by atoms with Crippen LogP contribution in [0.2, 0.25) is 0 Å². The van der Waals surface area contributed by atoms with Crippen molar-refractivity contribution in [2.24, 2.45) is 17.8 Å². The summed E-state index contributed by atoms with van der Waals surface area (Å²) in [5.41, 5.74) is 9.82. The molecule has 1 atom stereocenters. The summed E-state index contributed by atoms with van der Waals surface area (Å²) in [6.45, 7) is 2.27. The molecule has 30 heavy (non-hydrogen) atoms. The molecule has 0 saturated carbocycles. The van der Waals surface area contributed by atoms with Gasteiger partial charge in [0.05, 0.1) is 17.4 Å². The molecule has 8 heteroatoms. The molecule has 4 aromatic rings. The average molecular weight is 400 g/mol. The van der Waals surface area contributed by atoms with Crippen molar-refractivity contribution >= 4 is 17.4 Å². The summed E-state index contributed by atoms with van der Waals surface area (Å²) in [5, 5.41) is 0. The molecule has 0 aliphatic carbocycles. The molecule has 2 aromatic heterocycles. The van der Waals surface area contributed by atoms with E-state index in [1.807, 2.05) is 54.9 Å². The van der Waals surface area contributed by atoms with E-state index < -0.39 is 5.66 Å². The standard InChI is InChI=1S/C22H20N6O2/c1-14-7-15(21-24-9-16(10-25-21)22(23)11-29-13-27-22)3-6-20(14)30-17-4-5-19-18(8-17)26-12-28(19)2/h3-10,12-13H,11,23H2,1-2H3. The van der Waals surface area contributed by atoms with Crippen LogP contribution in [0.5, 0.6) is 11.5 Å². The third-order valence-corrected chi connectivity index (χ3v) is 5.17. The van der Waals surface area contributed by atoms with Crippen LogP contribution in [-0.4, -0.2) is 32.5 Å². The van der Waals surface area contributed by atoms with Gasteiger partial charge in [-0.2, -0.15) is 0 Å². The number of nitrogens with zero attached hydrogens (tertiary/aromatic N) is 5. The van der Waals surface area contributed by atoms with Crippen molar-refractivity contribution in [2.45, 2.75) is 12.6 Å². The van der Waals surface area contributed by atoms with E-state index >= 15 is 0 Å². The predicted octanol–water partition coefficient (Wildman–Crippen LogP) is 3.30. The molecular weight excluding hydrogens is 380 g/mol. The lowest BCUT2D eigenvalue weighted by Crippen LogP contribution is -2.36. The number of aryl methyl sites for hydroxylation is 2. The number of fused-ring (bicyclic) bond motifs is 1. The molecular formula is C22H20N6O2. The van der Waals surface area contributed by atoms with Gasteiger partial charge < -0.3 is 19.8 Å². The van der Waals surface area contributed by atoms with Gasteiger partial charge >= 0.3 is 0 Å². The minimum atomic E-state index is -0.916. The molecule has 8 nitrogen and oxygen atoms in total. The fraction of sp³-hybridized carbons (Fsp3) is 0.182. The van der Waals surface area contributed by atoms with Crippen LogP contribution in [0, 0.1) is 6.92 Å². The summed E-state index contributed by atoms with van der Waals surface area (Å²) in [5.74, 6) is 2.11. The first kappa shape index (κ1) is 18.3. The molecule has 1 aliphatic heterocycles. The van der Waals surface area contributed by atoms with E-state index in [4.69, 9.17) is 15.2 Å². The summed E-state index contributed by atoms with van der Waals surface area (Å²) >= 11 is 0. The Morgan fingerprint density at radius 2 is 1.93 bits per heavy atom. The van der Waals surface area contributed by atoms with Gasteiger partial charge in [-0.1, -0.05) is 0 Å². The topological polar surface area (TPSA) is 100 Å². The highest BCUT2D eigenvalue weighted by Gasteiger charge is 2.31. The van der Waals surface area contributed by atoms with Crippen LogP contribution in [0.15, 0.2) is 60.1 Å². The van der Waals surface area contributed by atoms with Crippen LogP contribution in [0.3, 0.4) is 0 Å². The second-order valence-electron chi connectivity index (χ2n) is 7.35. The number of hydrogen-bond acceptors (Lipinski definition) is 7. The molecule has 0 fully saturated rings. The molecule has 2 aromatic carbocycles. The number of aromatic nitrogens is 4. The summed E-state index contributed by atoms with van der Waals surface area (Å²) in [6, 6.07) is 11.7. The first-order valence-corrected chi connectivity index (χ1v) is 9.48. The normalized spacial score (nSPS) is 18.0. The third-order valence-electron chi connectivity index (χ3n) is 5.17. The summed E-state index contributed by atoms with van der Waals surface area (Å²) < 4.78 is 13.2. The monoisotopic (exact) mass is 400 g/mol. The number of aliphatic imine (C=N–C) groups is 1. The molecule has 150 valence electrons. The molecule has 0 bridgehead atoms. The van der Waals surface area contributed by atoms with Gasteiger partial charge in [0.25, 0.3) is 0 Å². The smallest absolute Gasteiger partial charge is 0.174 e. The molecule has 1 unspecified atom stereocenters. The van der Waals surface area contributed by atoms with Crippen molar-refractivity contribution in [1.29, 1.82) is 0 Å². The fourth-order valence-corrected chi connectivity index (χ4v) is 3.40. The Kier molecular flexibility index (Phi) is 4.22. The highest BCUT2D eigenvalue weighted by molar-refractivity contribution is 5.77. The quantitative estimate of drug-likeness (QED) is 0.564. The van der Waals surface area contributed by atoms with Crippen molar-refractivity contribution in [3.63, 3.8) is 0 Å². The van der Waals surface area contributed by atoms with Crippen LogP contribution in [0.1, 0.15) is 11.1 Å². The number of nitrogens with two attached hydrogens (primary N) is 1. The number of hydrogen-bond donors (Lipinski definition) is 1. The van der Waals surface area contributed by atoms with E-state index in [1.54, 1.807) is 18.7 Å². The maximum Gasteiger partial charge on any atom is 0.174 e. The van der Waals surface area contributed by atoms with E-state index in [0.29, 0.717) is 11.4 Å². The SMILES string of the molecule is Cc1cc(-c2ncc(C3(N)COC=N3)cn2)ccc1Oc1ccc2c(c1)ncn2C. The van der Waals surface area contributed by atoms with Crippen molar-refractivity contribution in [3.8, 4) is 22.9 Å². The molecule has 0 saturated heterocycles. The molecule has 0 spiro atoms. The van der Waals surface area contributed by atoms with E-state index in [9.17, 15) is 0 Å². The van der Waals surface area contributed by atoms with Crippen molar-refractivity contribution < 1.29 is 9.47 Å². The van der Waals surface area contributed by atoms with E-state index in [0.717, 1.165) is 33.7 Å². The number of benzene rings is 2. The average Bonchev–Trinajstić information content (AvgIpc) is 3.36. The lowest BCUT2D eigenvalue weighted by molar-refractivity contribution is 0.266. The first-order valence-electron chi connectivity index (χ1n) is 9.48. The van der Waals surface area contributed by atoms with Gasteiger partial charge in [0.15, 0.2) is 17.9 Å². The molecule has 1 aliphatic rings. The lowest BCUT2D eigenvalue weighted by atomic mass is 10.1. The van der Waals surface area contributed by atoms with E-state index in [1.165, 1.54) is 6.40 Å². The first-order chi connectivity index (χ1) is 14.5. The Hall–Kier alpha value is -3.78. The zero-order valence-electron chi connectivity index (χ0n) is 16.6. The Morgan fingerprint density at radius 3 is 2.67 bits per heavy atom. The zero-order valence-corrected chi connectivity index (χ0v) is 16.6. The van der Waals surface area contributed by atoms with Gasteiger partial charge in [0.1, 0.15) is 18.1 Å². The maximum atomic E-state index is 6.20. The Labute approximate surface area is 173 Å². The van der Waals surface area contributed by atoms with Crippen molar-refractivity contribution in [2.75, 3.05) is 6.61 Å². The molecule has 2 N–H and O–H groups in total. The lowest BCUT2D eigenvalue weighted by Gasteiger charge is -2.18. The van der Waals surface area contributed by atoms with Crippen LogP contribution >= 0.6 is 0 Å². The van der Waals surface area contributed by atoms with Crippen LogP contribution in [0.25, 0.3) is 22.4 Å². The number of rotatable bonds is 4. The van der Waals surface area contributed by atoms with E-state index in [2.05, 4.69) is 19.9 Å². The van der Waals surface area contributed by atoms with E-state index in [-0.39, 0.29) is 6.61 Å². The minimum Gasteiger partial charge on any atom is -0.479 e. The maximum absolute atomic E-state index is 6.20. The van der Waals surface area contributed by atoms with Crippen LogP contribution in [0.4, 0.5) is 0 Å². The summed E-state index contributed by atoms with van der Waals surface area (Å²) in [7, 11) is 1.97. The van der Waals surface area contributed by atoms with Gasteiger partial charge in [-0.25, -0.2) is 19.9 Å². The molecule has 0 radical (unpaired) electrons. The van der Waals surface area contributed by atoms with Gasteiger partial charge in [0, 0.05) is 36.6 Å². The Bertz CT molecular complexity index is 1260. The highest BCUT2D eigenvalue weighted by atomic mass is 16.5. The zero-order chi connectivity index (χ0) is 20.7. The van der Waals surface area contributed by atoms with Crippen molar-refractivity contribution in [1.82, 2.24) is 19.5 Å². The number of ether oxygens (including phenoxy) is 2. The summed E-state index contributed by atoms with van der Waals surface area (Å²) in [6.07, 6.45) is 6.53. The second kappa shape index (κ2) is 6.93. The minimum absolute atomic E-state index is 0.283. The van der Waals surface area contributed by atoms with Crippen molar-refractivity contribution in [3.05, 3.63) is 66.2 Å². The third kappa shape index (κ3) is 3.17. The van der Waals surface area contributed by atoms with Gasteiger partial charge in [-0.05, 0) is 42.8 Å². The largest absolute Gasteiger partial charge is 0.479 e. The second-order valence-corrected chi connectivity index (χ2v) is 7.35. The summed E-state index contributed by atoms with van der Waals surface area (Å²) in [4.78, 5) is 17.4.